The second-order valence-corrected chi connectivity index (χ2v) is 3.48. The third-order valence-electron chi connectivity index (χ3n) is 2.36. The van der Waals surface area contributed by atoms with E-state index in [2.05, 4.69) is 0 Å². The number of aromatic hydroxyl groups is 1. The molecule has 0 heterocycles. The zero-order valence-electron chi connectivity index (χ0n) is 9.18. The summed E-state index contributed by atoms with van der Waals surface area (Å²) in [6.45, 7) is 2.56. The van der Waals surface area contributed by atoms with Gasteiger partial charge in [-0.1, -0.05) is 30.3 Å². The van der Waals surface area contributed by atoms with E-state index >= 15 is 0 Å². The van der Waals surface area contributed by atoms with Gasteiger partial charge in [-0.05, 0) is 30.7 Å². The zero-order chi connectivity index (χ0) is 11.4. The van der Waals surface area contributed by atoms with Crippen molar-refractivity contribution in [1.29, 1.82) is 0 Å². The fourth-order valence-corrected chi connectivity index (χ4v) is 1.62. The van der Waals surface area contributed by atoms with Crippen LogP contribution in [0.1, 0.15) is 6.92 Å². The number of benzene rings is 2. The van der Waals surface area contributed by atoms with E-state index in [0.717, 1.165) is 16.9 Å². The molecule has 0 aliphatic rings. The van der Waals surface area contributed by atoms with E-state index < -0.39 is 0 Å². The number of rotatable bonds is 3. The summed E-state index contributed by atoms with van der Waals surface area (Å²) in [5, 5.41) is 9.80. The highest BCUT2D eigenvalue weighted by Crippen LogP contribution is 2.32. The summed E-state index contributed by atoms with van der Waals surface area (Å²) in [7, 11) is 0. The third kappa shape index (κ3) is 2.16. The Bertz CT molecular complexity index is 463. The van der Waals surface area contributed by atoms with Gasteiger partial charge >= 0.3 is 0 Å². The lowest BCUT2D eigenvalue weighted by molar-refractivity contribution is 0.339. The van der Waals surface area contributed by atoms with Gasteiger partial charge in [-0.25, -0.2) is 0 Å². The summed E-state index contributed by atoms with van der Waals surface area (Å²) >= 11 is 0. The van der Waals surface area contributed by atoms with Crippen LogP contribution in [0.5, 0.6) is 11.5 Å². The zero-order valence-corrected chi connectivity index (χ0v) is 9.18. The first-order chi connectivity index (χ1) is 7.81. The molecule has 0 bridgehead atoms. The summed E-state index contributed by atoms with van der Waals surface area (Å²) < 4.78 is 5.41. The van der Waals surface area contributed by atoms with E-state index in [0.29, 0.717) is 6.61 Å². The Hall–Kier alpha value is -1.96. The Morgan fingerprint density at radius 3 is 2.50 bits per heavy atom. The summed E-state index contributed by atoms with van der Waals surface area (Å²) in [6, 6.07) is 15.1. The molecular formula is C14H14O2. The summed E-state index contributed by atoms with van der Waals surface area (Å²) in [5.41, 5.74) is 1.79. The predicted molar refractivity (Wildman–Crippen MR) is 64.7 cm³/mol. The highest BCUT2D eigenvalue weighted by molar-refractivity contribution is 5.71. The van der Waals surface area contributed by atoms with Gasteiger partial charge in [0.2, 0.25) is 0 Å². The standard InChI is InChI=1S/C14H14O2/c1-2-16-12-8-9-14(15)13(10-12)11-6-4-3-5-7-11/h3-10,15H,2H2,1H3. The molecule has 0 unspecified atom stereocenters. The third-order valence-corrected chi connectivity index (χ3v) is 2.36. The Balaban J connectivity index is 2.43. The van der Waals surface area contributed by atoms with Gasteiger partial charge in [-0.2, -0.15) is 0 Å². The van der Waals surface area contributed by atoms with Crippen LogP contribution in [0.2, 0.25) is 0 Å². The van der Waals surface area contributed by atoms with Gasteiger partial charge in [-0.15, -0.1) is 0 Å². The van der Waals surface area contributed by atoms with Crippen molar-refractivity contribution < 1.29 is 9.84 Å². The Labute approximate surface area is 95.1 Å². The van der Waals surface area contributed by atoms with Crippen LogP contribution in [-0.4, -0.2) is 11.7 Å². The van der Waals surface area contributed by atoms with Gasteiger partial charge in [-0.3, -0.25) is 0 Å². The minimum absolute atomic E-state index is 0.273. The SMILES string of the molecule is CCOc1ccc(O)c(-c2ccccc2)c1. The van der Waals surface area contributed by atoms with Crippen molar-refractivity contribution in [3.8, 4) is 22.6 Å². The number of ether oxygens (including phenoxy) is 1. The van der Waals surface area contributed by atoms with Crippen LogP contribution < -0.4 is 4.74 Å². The molecule has 2 aromatic carbocycles. The maximum absolute atomic E-state index is 9.80. The normalized spacial score (nSPS) is 10.1. The molecular weight excluding hydrogens is 200 g/mol. The maximum Gasteiger partial charge on any atom is 0.123 e. The van der Waals surface area contributed by atoms with Crippen LogP contribution in [0.25, 0.3) is 11.1 Å². The van der Waals surface area contributed by atoms with E-state index in [1.807, 2.05) is 43.3 Å². The predicted octanol–water partition coefficient (Wildman–Crippen LogP) is 3.46. The molecule has 0 atom stereocenters. The summed E-state index contributed by atoms with van der Waals surface area (Å²) in [6.07, 6.45) is 0. The molecule has 2 nitrogen and oxygen atoms in total. The van der Waals surface area contributed by atoms with Gasteiger partial charge in [0.15, 0.2) is 0 Å². The van der Waals surface area contributed by atoms with Crippen LogP contribution in [-0.2, 0) is 0 Å². The Kier molecular flexibility index (Phi) is 3.10. The molecule has 16 heavy (non-hydrogen) atoms. The molecule has 0 amide bonds. The highest BCUT2D eigenvalue weighted by Gasteiger charge is 2.05. The van der Waals surface area contributed by atoms with E-state index in [9.17, 15) is 5.11 Å². The summed E-state index contributed by atoms with van der Waals surface area (Å²) in [5.74, 6) is 1.05. The maximum atomic E-state index is 9.80. The van der Waals surface area contributed by atoms with Gasteiger partial charge in [0.05, 0.1) is 6.61 Å². The quantitative estimate of drug-likeness (QED) is 0.847. The van der Waals surface area contributed by atoms with Gasteiger partial charge in [0, 0.05) is 5.56 Å². The second kappa shape index (κ2) is 4.71. The number of hydrogen-bond acceptors (Lipinski definition) is 2. The lowest BCUT2D eigenvalue weighted by atomic mass is 10.0. The lowest BCUT2D eigenvalue weighted by Crippen LogP contribution is -1.91. The van der Waals surface area contributed by atoms with E-state index in [-0.39, 0.29) is 5.75 Å². The van der Waals surface area contributed by atoms with Crippen molar-refractivity contribution in [3.05, 3.63) is 48.5 Å². The smallest absolute Gasteiger partial charge is 0.123 e. The lowest BCUT2D eigenvalue weighted by Gasteiger charge is -2.08. The molecule has 82 valence electrons. The van der Waals surface area contributed by atoms with E-state index in [1.54, 1.807) is 12.1 Å². The van der Waals surface area contributed by atoms with Gasteiger partial charge in [0.1, 0.15) is 11.5 Å². The van der Waals surface area contributed by atoms with Crippen LogP contribution in [0, 0.1) is 0 Å². The van der Waals surface area contributed by atoms with Crippen LogP contribution in [0.4, 0.5) is 0 Å². The molecule has 0 saturated carbocycles. The molecule has 2 heteroatoms. The minimum atomic E-state index is 0.273. The van der Waals surface area contributed by atoms with Crippen LogP contribution in [0.3, 0.4) is 0 Å². The number of phenolic OH excluding ortho intramolecular Hbond substituents is 1. The van der Waals surface area contributed by atoms with E-state index in [4.69, 9.17) is 4.74 Å². The van der Waals surface area contributed by atoms with Crippen molar-refractivity contribution in [2.24, 2.45) is 0 Å². The first kappa shape index (κ1) is 10.6. The first-order valence-corrected chi connectivity index (χ1v) is 5.32. The molecule has 0 spiro atoms. The molecule has 0 saturated heterocycles. The molecule has 0 aliphatic heterocycles. The molecule has 0 fully saturated rings. The Morgan fingerprint density at radius 1 is 1.06 bits per heavy atom. The fraction of sp³-hybridized carbons (Fsp3) is 0.143. The average molecular weight is 214 g/mol. The average Bonchev–Trinajstić information content (AvgIpc) is 2.33. The van der Waals surface area contributed by atoms with Crippen molar-refractivity contribution in [2.75, 3.05) is 6.61 Å². The molecule has 2 rings (SSSR count). The summed E-state index contributed by atoms with van der Waals surface area (Å²) in [4.78, 5) is 0. The minimum Gasteiger partial charge on any atom is -0.507 e. The second-order valence-electron chi connectivity index (χ2n) is 3.48. The van der Waals surface area contributed by atoms with Crippen LogP contribution >= 0.6 is 0 Å². The van der Waals surface area contributed by atoms with E-state index in [1.165, 1.54) is 0 Å². The van der Waals surface area contributed by atoms with Crippen molar-refractivity contribution >= 4 is 0 Å². The van der Waals surface area contributed by atoms with Crippen LogP contribution in [0.15, 0.2) is 48.5 Å². The number of phenols is 1. The van der Waals surface area contributed by atoms with Gasteiger partial charge < -0.3 is 9.84 Å². The molecule has 1 N–H and O–H groups in total. The molecule has 0 aliphatic carbocycles. The van der Waals surface area contributed by atoms with Crippen molar-refractivity contribution in [2.45, 2.75) is 6.92 Å². The highest BCUT2D eigenvalue weighted by atomic mass is 16.5. The first-order valence-electron chi connectivity index (χ1n) is 5.32. The van der Waals surface area contributed by atoms with Crippen molar-refractivity contribution in [3.63, 3.8) is 0 Å². The molecule has 0 radical (unpaired) electrons. The Morgan fingerprint density at radius 2 is 1.81 bits per heavy atom. The largest absolute Gasteiger partial charge is 0.507 e. The van der Waals surface area contributed by atoms with Gasteiger partial charge in [0.25, 0.3) is 0 Å². The number of hydrogen-bond donors (Lipinski definition) is 1. The monoisotopic (exact) mass is 214 g/mol. The topological polar surface area (TPSA) is 29.5 Å². The fourth-order valence-electron chi connectivity index (χ4n) is 1.62. The van der Waals surface area contributed by atoms with Crippen molar-refractivity contribution in [1.82, 2.24) is 0 Å². The molecule has 0 aromatic heterocycles. The molecule has 2 aromatic rings.